The van der Waals surface area contributed by atoms with Crippen molar-refractivity contribution in [1.82, 2.24) is 30.1 Å². The lowest BCUT2D eigenvalue weighted by Gasteiger charge is -2.12. The number of carbonyl (C=O) groups is 1. The fourth-order valence-corrected chi connectivity index (χ4v) is 3.19. The summed E-state index contributed by atoms with van der Waals surface area (Å²) in [6.07, 6.45) is 8.14. The Kier molecular flexibility index (Phi) is 4.39. The summed E-state index contributed by atoms with van der Waals surface area (Å²) in [6, 6.07) is 7.25. The number of carbonyl (C=O) groups excluding carboxylic acids is 1. The van der Waals surface area contributed by atoms with Crippen molar-refractivity contribution in [2.24, 2.45) is 0 Å². The molecule has 26 heavy (non-hydrogen) atoms. The molecule has 3 heterocycles. The highest BCUT2D eigenvalue weighted by molar-refractivity contribution is 5.80. The van der Waals surface area contributed by atoms with Gasteiger partial charge in [0.15, 0.2) is 0 Å². The van der Waals surface area contributed by atoms with E-state index in [1.54, 1.807) is 22.7 Å². The van der Waals surface area contributed by atoms with Gasteiger partial charge in [-0.1, -0.05) is 5.21 Å². The first-order valence-electron chi connectivity index (χ1n) is 8.64. The van der Waals surface area contributed by atoms with Crippen LogP contribution < -0.4 is 10.1 Å². The zero-order valence-electron chi connectivity index (χ0n) is 14.5. The minimum atomic E-state index is -0.322. The van der Waals surface area contributed by atoms with Crippen LogP contribution >= 0.6 is 0 Å². The second-order valence-corrected chi connectivity index (χ2v) is 6.22. The van der Waals surface area contributed by atoms with Gasteiger partial charge in [-0.15, -0.1) is 5.10 Å². The van der Waals surface area contributed by atoms with Gasteiger partial charge in [-0.2, -0.15) is 5.10 Å². The minimum Gasteiger partial charge on any atom is -0.497 e. The molecule has 0 aliphatic carbocycles. The molecule has 1 fully saturated rings. The lowest BCUT2D eigenvalue weighted by atomic mass is 10.1. The summed E-state index contributed by atoms with van der Waals surface area (Å²) in [4.78, 5) is 12.3. The molecule has 1 aromatic carbocycles. The third-order valence-electron chi connectivity index (χ3n) is 4.57. The number of rotatable bonds is 4. The van der Waals surface area contributed by atoms with E-state index in [9.17, 15) is 4.79 Å². The Hall–Kier alpha value is -3.16. The fraction of sp³-hybridized carbons (Fsp3) is 0.333. The van der Waals surface area contributed by atoms with Crippen molar-refractivity contribution in [2.45, 2.75) is 25.3 Å². The highest BCUT2D eigenvalue weighted by atomic mass is 16.5. The van der Waals surface area contributed by atoms with Crippen molar-refractivity contribution in [3.8, 4) is 22.7 Å². The van der Waals surface area contributed by atoms with Gasteiger partial charge in [0.1, 0.15) is 17.5 Å². The van der Waals surface area contributed by atoms with Gasteiger partial charge in [0.2, 0.25) is 5.91 Å². The fourth-order valence-electron chi connectivity index (χ4n) is 3.19. The Morgan fingerprint density at radius 2 is 2.23 bits per heavy atom. The molecule has 0 radical (unpaired) electrons. The molecule has 1 aliphatic rings. The molecular weight excluding hydrogens is 332 g/mol. The van der Waals surface area contributed by atoms with Crippen LogP contribution in [0.2, 0.25) is 0 Å². The first kappa shape index (κ1) is 16.3. The van der Waals surface area contributed by atoms with E-state index >= 15 is 0 Å². The van der Waals surface area contributed by atoms with Crippen LogP contribution in [0.15, 0.2) is 42.9 Å². The van der Waals surface area contributed by atoms with Gasteiger partial charge in [-0.25, -0.2) is 9.36 Å². The van der Waals surface area contributed by atoms with Gasteiger partial charge < -0.3 is 10.1 Å². The van der Waals surface area contributed by atoms with Crippen molar-refractivity contribution in [1.29, 1.82) is 0 Å². The van der Waals surface area contributed by atoms with E-state index in [2.05, 4.69) is 20.7 Å². The number of hydrogen-bond donors (Lipinski definition) is 1. The number of ether oxygens (including phenoxy) is 1. The molecule has 3 aromatic rings. The van der Waals surface area contributed by atoms with Crippen molar-refractivity contribution in [3.05, 3.63) is 42.9 Å². The van der Waals surface area contributed by atoms with E-state index in [-0.39, 0.29) is 11.9 Å². The quantitative estimate of drug-likeness (QED) is 0.776. The highest BCUT2D eigenvalue weighted by Gasteiger charge is 2.24. The molecule has 134 valence electrons. The first-order chi connectivity index (χ1) is 12.8. The summed E-state index contributed by atoms with van der Waals surface area (Å²) in [5.74, 6) is 0.717. The summed E-state index contributed by atoms with van der Waals surface area (Å²) in [5, 5.41) is 15.8. The molecule has 1 atom stereocenters. The highest BCUT2D eigenvalue weighted by Crippen LogP contribution is 2.30. The zero-order chi connectivity index (χ0) is 17.9. The summed E-state index contributed by atoms with van der Waals surface area (Å²) in [6.45, 7) is 0.718. The number of nitrogens with one attached hydrogen (secondary N) is 1. The molecule has 8 nitrogen and oxygen atoms in total. The van der Waals surface area contributed by atoms with Crippen LogP contribution in [-0.4, -0.2) is 44.3 Å². The Morgan fingerprint density at radius 3 is 3.04 bits per heavy atom. The van der Waals surface area contributed by atoms with Crippen LogP contribution in [0.1, 0.15) is 25.3 Å². The lowest BCUT2D eigenvalue weighted by Crippen LogP contribution is -2.31. The molecule has 0 spiro atoms. The third kappa shape index (κ3) is 3.05. The van der Waals surface area contributed by atoms with E-state index in [4.69, 9.17) is 4.74 Å². The second-order valence-electron chi connectivity index (χ2n) is 6.22. The van der Waals surface area contributed by atoms with Gasteiger partial charge in [-0.3, -0.25) is 4.79 Å². The molecule has 4 rings (SSSR count). The summed E-state index contributed by atoms with van der Waals surface area (Å²) in [7, 11) is 1.62. The van der Waals surface area contributed by atoms with Gasteiger partial charge in [0.05, 0.1) is 19.0 Å². The Balaban J connectivity index is 1.74. The molecule has 1 saturated heterocycles. The number of hydrogen-bond acceptors (Lipinski definition) is 5. The predicted molar refractivity (Wildman–Crippen MR) is 95.0 cm³/mol. The molecule has 0 saturated carbocycles. The van der Waals surface area contributed by atoms with Gasteiger partial charge in [-0.05, 0) is 43.5 Å². The number of methoxy groups -OCH3 is 1. The zero-order valence-corrected chi connectivity index (χ0v) is 14.5. The maximum atomic E-state index is 12.3. The summed E-state index contributed by atoms with van der Waals surface area (Å²) in [5.41, 5.74) is 2.38. The van der Waals surface area contributed by atoms with Gasteiger partial charge in [0, 0.05) is 24.5 Å². The molecular formula is C18H20N6O2. The van der Waals surface area contributed by atoms with E-state index in [1.807, 2.05) is 36.7 Å². The van der Waals surface area contributed by atoms with Crippen LogP contribution in [0.25, 0.3) is 16.9 Å². The predicted octanol–water partition coefficient (Wildman–Crippen LogP) is 1.98. The van der Waals surface area contributed by atoms with Crippen LogP contribution in [0.4, 0.5) is 0 Å². The van der Waals surface area contributed by atoms with Crippen molar-refractivity contribution >= 4 is 5.91 Å². The standard InChI is InChI=1S/C18H20N6O2/c1-26-13-6-7-16(23-10-4-9-20-23)14(11-13)15-12-24(22-21-15)17-5-2-3-8-19-18(17)25/h4,6-7,9-12,17H,2-3,5,8H2,1H3,(H,19,25)/t17-/m0/s1. The summed E-state index contributed by atoms with van der Waals surface area (Å²) < 4.78 is 8.78. The summed E-state index contributed by atoms with van der Waals surface area (Å²) >= 11 is 0. The van der Waals surface area contributed by atoms with Crippen LogP contribution in [0.5, 0.6) is 5.75 Å². The number of nitrogens with zero attached hydrogens (tertiary/aromatic N) is 5. The molecule has 0 bridgehead atoms. The van der Waals surface area contributed by atoms with Crippen LogP contribution in [0, 0.1) is 0 Å². The topological polar surface area (TPSA) is 86.9 Å². The average molecular weight is 352 g/mol. The Bertz CT molecular complexity index is 902. The molecule has 2 aromatic heterocycles. The number of benzene rings is 1. The maximum Gasteiger partial charge on any atom is 0.244 e. The van der Waals surface area contributed by atoms with Crippen molar-refractivity contribution < 1.29 is 9.53 Å². The SMILES string of the molecule is COc1ccc(-n2cccn2)c(-c2cn([C@H]3CCCCNC3=O)nn2)c1. The molecule has 1 amide bonds. The Morgan fingerprint density at radius 1 is 1.31 bits per heavy atom. The average Bonchev–Trinajstić information content (AvgIpc) is 3.32. The molecule has 1 aliphatic heterocycles. The number of aromatic nitrogens is 5. The van der Waals surface area contributed by atoms with Crippen molar-refractivity contribution in [3.63, 3.8) is 0 Å². The smallest absolute Gasteiger partial charge is 0.244 e. The van der Waals surface area contributed by atoms with E-state index < -0.39 is 0 Å². The lowest BCUT2D eigenvalue weighted by molar-refractivity contribution is -0.124. The third-order valence-corrected chi connectivity index (χ3v) is 4.57. The van der Waals surface area contributed by atoms with E-state index in [1.165, 1.54) is 0 Å². The second kappa shape index (κ2) is 6.99. The molecule has 8 heteroatoms. The van der Waals surface area contributed by atoms with Gasteiger partial charge >= 0.3 is 0 Å². The largest absolute Gasteiger partial charge is 0.497 e. The van der Waals surface area contributed by atoms with E-state index in [0.29, 0.717) is 5.69 Å². The normalized spacial score (nSPS) is 17.6. The minimum absolute atomic E-state index is 0.00288. The first-order valence-corrected chi connectivity index (χ1v) is 8.64. The monoisotopic (exact) mass is 352 g/mol. The maximum absolute atomic E-state index is 12.3. The molecule has 0 unspecified atom stereocenters. The van der Waals surface area contributed by atoms with Crippen molar-refractivity contribution in [2.75, 3.05) is 13.7 Å². The van der Waals surface area contributed by atoms with Gasteiger partial charge in [0.25, 0.3) is 0 Å². The molecule has 1 N–H and O–H groups in total. The van der Waals surface area contributed by atoms with Crippen LogP contribution in [-0.2, 0) is 4.79 Å². The Labute approximate surface area is 150 Å². The number of amides is 1. The van der Waals surface area contributed by atoms with E-state index in [0.717, 1.165) is 42.8 Å². The van der Waals surface area contributed by atoms with Crippen LogP contribution in [0.3, 0.4) is 0 Å².